The van der Waals surface area contributed by atoms with Crippen molar-refractivity contribution in [2.75, 3.05) is 33.2 Å². The Kier molecular flexibility index (Phi) is 5.95. The molecule has 5 unspecified atom stereocenters. The average molecular weight is 402 g/mol. The highest BCUT2D eigenvalue weighted by atomic mass is 16.2. The molecule has 2 bridgehead atoms. The van der Waals surface area contributed by atoms with Crippen LogP contribution >= 0.6 is 0 Å². The van der Waals surface area contributed by atoms with Crippen molar-refractivity contribution >= 4 is 17.8 Å². The zero-order valence-electron chi connectivity index (χ0n) is 17.9. The van der Waals surface area contributed by atoms with Crippen molar-refractivity contribution in [3.05, 3.63) is 12.2 Å². The Bertz CT molecular complexity index is 671. The smallest absolute Gasteiger partial charge is 0.233 e. The first-order chi connectivity index (χ1) is 14.0. The van der Waals surface area contributed by atoms with E-state index in [0.717, 1.165) is 37.9 Å². The van der Waals surface area contributed by atoms with Gasteiger partial charge in [0.2, 0.25) is 11.8 Å². The largest absolute Gasteiger partial charge is 0.357 e. The molecule has 1 saturated heterocycles. The number of likely N-dealkylation sites (tertiary alicyclic amines) is 1. The van der Waals surface area contributed by atoms with E-state index in [-0.39, 0.29) is 35.5 Å². The molecule has 0 spiro atoms. The molecule has 7 nitrogen and oxygen atoms in total. The van der Waals surface area contributed by atoms with E-state index < -0.39 is 0 Å². The molecule has 4 rings (SSSR count). The van der Waals surface area contributed by atoms with Crippen molar-refractivity contribution in [2.45, 2.75) is 51.6 Å². The van der Waals surface area contributed by atoms with Gasteiger partial charge in [0.05, 0.1) is 18.4 Å². The summed E-state index contributed by atoms with van der Waals surface area (Å²) in [4.78, 5) is 34.1. The predicted molar refractivity (Wildman–Crippen MR) is 113 cm³/mol. The van der Waals surface area contributed by atoms with Crippen LogP contribution in [0.2, 0.25) is 0 Å². The van der Waals surface area contributed by atoms with Crippen LogP contribution in [0.1, 0.15) is 39.5 Å². The normalized spacial score (nSPS) is 31.7. The van der Waals surface area contributed by atoms with Crippen LogP contribution in [0.15, 0.2) is 17.1 Å². The Labute approximate surface area is 174 Å². The highest BCUT2D eigenvalue weighted by Crippen LogP contribution is 2.52. The van der Waals surface area contributed by atoms with E-state index >= 15 is 0 Å². The minimum atomic E-state index is -0.0886. The number of imide groups is 1. The van der Waals surface area contributed by atoms with E-state index in [4.69, 9.17) is 4.99 Å². The van der Waals surface area contributed by atoms with Gasteiger partial charge in [-0.1, -0.05) is 12.2 Å². The number of nitrogens with zero attached hydrogens (tertiary/aromatic N) is 3. The Balaban J connectivity index is 1.23. The number of hydrogen-bond acceptors (Lipinski definition) is 4. The maximum atomic E-state index is 12.7. The van der Waals surface area contributed by atoms with Gasteiger partial charge in [0.15, 0.2) is 5.96 Å². The van der Waals surface area contributed by atoms with Crippen LogP contribution in [0.25, 0.3) is 0 Å². The van der Waals surface area contributed by atoms with Gasteiger partial charge in [0.1, 0.15) is 0 Å². The summed E-state index contributed by atoms with van der Waals surface area (Å²) in [6.07, 6.45) is 8.61. The minimum Gasteiger partial charge on any atom is -0.357 e. The van der Waals surface area contributed by atoms with E-state index in [1.165, 1.54) is 17.7 Å². The highest BCUT2D eigenvalue weighted by Gasteiger charge is 2.58. The molecule has 5 atom stereocenters. The lowest BCUT2D eigenvalue weighted by atomic mass is 9.85. The molecule has 0 aromatic rings. The fraction of sp³-hybridized carbons (Fsp3) is 0.773. The van der Waals surface area contributed by atoms with Gasteiger partial charge in [-0.2, -0.15) is 0 Å². The third-order valence-corrected chi connectivity index (χ3v) is 7.09. The van der Waals surface area contributed by atoms with Crippen LogP contribution in [-0.4, -0.2) is 72.9 Å². The summed E-state index contributed by atoms with van der Waals surface area (Å²) in [5, 5.41) is 6.64. The van der Waals surface area contributed by atoms with Crippen LogP contribution in [0.3, 0.4) is 0 Å². The molecule has 1 heterocycles. The molecule has 29 heavy (non-hydrogen) atoms. The quantitative estimate of drug-likeness (QED) is 0.200. The maximum Gasteiger partial charge on any atom is 0.233 e. The summed E-state index contributed by atoms with van der Waals surface area (Å²) in [5.74, 6) is 1.30. The van der Waals surface area contributed by atoms with Crippen LogP contribution < -0.4 is 10.6 Å². The Hall–Kier alpha value is -1.89. The lowest BCUT2D eigenvalue weighted by Gasteiger charge is -2.23. The van der Waals surface area contributed by atoms with Gasteiger partial charge in [0.25, 0.3) is 0 Å². The number of guanidine groups is 1. The lowest BCUT2D eigenvalue weighted by Crippen LogP contribution is -2.41. The maximum absolute atomic E-state index is 12.7. The summed E-state index contributed by atoms with van der Waals surface area (Å²) in [6, 6.07) is 1.15. The van der Waals surface area contributed by atoms with Crippen LogP contribution in [0.5, 0.6) is 0 Å². The lowest BCUT2D eigenvalue weighted by molar-refractivity contribution is -0.140. The molecule has 2 amide bonds. The van der Waals surface area contributed by atoms with Crippen molar-refractivity contribution in [1.82, 2.24) is 20.4 Å². The Morgan fingerprint density at radius 1 is 1.21 bits per heavy atom. The number of fused-ring (bicyclic) bond motifs is 5. The fourth-order valence-corrected chi connectivity index (χ4v) is 5.16. The van der Waals surface area contributed by atoms with E-state index in [2.05, 4.69) is 48.6 Å². The van der Waals surface area contributed by atoms with Crippen LogP contribution in [0, 0.1) is 23.7 Å². The van der Waals surface area contributed by atoms with Gasteiger partial charge in [-0.25, -0.2) is 0 Å². The number of aliphatic imine (C=N–C) groups is 1. The molecule has 0 aromatic carbocycles. The fourth-order valence-electron chi connectivity index (χ4n) is 5.16. The second-order valence-electron chi connectivity index (χ2n) is 9.07. The summed E-state index contributed by atoms with van der Waals surface area (Å²) in [7, 11) is 2.18. The molecule has 2 N–H and O–H groups in total. The number of allylic oxidation sites excluding steroid dienone is 2. The minimum absolute atomic E-state index is 0.0503. The van der Waals surface area contributed by atoms with Crippen molar-refractivity contribution in [2.24, 2.45) is 28.7 Å². The molecule has 1 aliphatic heterocycles. The Morgan fingerprint density at radius 2 is 1.86 bits per heavy atom. The van der Waals surface area contributed by atoms with Gasteiger partial charge in [-0.15, -0.1) is 0 Å². The first-order valence-electron chi connectivity index (χ1n) is 11.3. The number of hydrogen-bond donors (Lipinski definition) is 2. The van der Waals surface area contributed by atoms with Gasteiger partial charge in [0, 0.05) is 31.7 Å². The summed E-state index contributed by atoms with van der Waals surface area (Å²) < 4.78 is 0. The van der Waals surface area contributed by atoms with E-state index in [1.807, 2.05) is 0 Å². The number of carbonyl (C=O) groups is 2. The van der Waals surface area contributed by atoms with Crippen molar-refractivity contribution in [3.63, 3.8) is 0 Å². The number of carbonyl (C=O) groups excluding carboxylic acids is 2. The van der Waals surface area contributed by atoms with Crippen molar-refractivity contribution in [3.8, 4) is 0 Å². The van der Waals surface area contributed by atoms with Crippen molar-refractivity contribution in [1.29, 1.82) is 0 Å². The molecule has 7 heteroatoms. The summed E-state index contributed by atoms with van der Waals surface area (Å²) >= 11 is 0. The number of nitrogens with one attached hydrogen (secondary N) is 2. The average Bonchev–Trinajstić information content (AvgIpc) is 3.28. The standard InChI is InChI=1S/C22H35N5O2/c1-4-23-22(25-13-14(2)26(3)17-8-9-17)24-10-5-11-27-20(28)18-15-6-7-16(12-15)19(18)21(27)29/h6-7,14-19H,4-5,8-13H2,1-3H3,(H2,23,24,25). The third kappa shape index (κ3) is 4.06. The molecule has 160 valence electrons. The number of amides is 2. The molecular weight excluding hydrogens is 366 g/mol. The molecule has 3 aliphatic carbocycles. The first-order valence-corrected chi connectivity index (χ1v) is 11.3. The monoisotopic (exact) mass is 401 g/mol. The van der Waals surface area contributed by atoms with E-state index in [9.17, 15) is 9.59 Å². The number of rotatable bonds is 9. The van der Waals surface area contributed by atoms with Gasteiger partial charge < -0.3 is 10.6 Å². The SMILES string of the molecule is CCNC(=NCC(C)N(C)C1CC1)NCCCN1C(=O)C2C3C=CC(C3)C2C1=O. The Morgan fingerprint density at radius 3 is 2.45 bits per heavy atom. The van der Waals surface area contributed by atoms with Gasteiger partial charge in [-0.3, -0.25) is 24.4 Å². The van der Waals surface area contributed by atoms with Crippen LogP contribution in [-0.2, 0) is 9.59 Å². The van der Waals surface area contributed by atoms with Crippen molar-refractivity contribution < 1.29 is 9.59 Å². The third-order valence-electron chi connectivity index (χ3n) is 7.09. The van der Waals surface area contributed by atoms with E-state index in [0.29, 0.717) is 19.1 Å². The second-order valence-corrected chi connectivity index (χ2v) is 9.07. The molecule has 0 radical (unpaired) electrons. The zero-order chi connectivity index (χ0) is 20.5. The van der Waals surface area contributed by atoms with E-state index in [1.54, 1.807) is 0 Å². The van der Waals surface area contributed by atoms with Gasteiger partial charge in [-0.05, 0) is 58.4 Å². The molecule has 3 fully saturated rings. The molecule has 0 aromatic heterocycles. The molecule has 4 aliphatic rings. The molecular formula is C22H35N5O2. The molecule has 2 saturated carbocycles. The summed E-state index contributed by atoms with van der Waals surface area (Å²) in [6.45, 7) is 7.02. The highest BCUT2D eigenvalue weighted by molar-refractivity contribution is 6.06. The first kappa shape index (κ1) is 20.4. The van der Waals surface area contributed by atoms with Gasteiger partial charge >= 0.3 is 0 Å². The van der Waals surface area contributed by atoms with Crippen LogP contribution in [0.4, 0.5) is 0 Å². The predicted octanol–water partition coefficient (Wildman–Crippen LogP) is 1.22. The topological polar surface area (TPSA) is 77.0 Å². The zero-order valence-corrected chi connectivity index (χ0v) is 17.9. The summed E-state index contributed by atoms with van der Waals surface area (Å²) in [5.41, 5.74) is 0. The second kappa shape index (κ2) is 8.46. The number of likely N-dealkylation sites (N-methyl/N-ethyl adjacent to an activating group) is 1.